The number of rotatable bonds is 9. The maximum Gasteiger partial charge on any atom is 0.261 e. The van der Waals surface area contributed by atoms with Crippen LogP contribution in [0.2, 0.25) is 10.0 Å². The highest BCUT2D eigenvalue weighted by Gasteiger charge is 2.19. The normalized spacial score (nSPS) is 11.8. The van der Waals surface area contributed by atoms with Gasteiger partial charge in [0, 0.05) is 28.1 Å². The van der Waals surface area contributed by atoms with Crippen molar-refractivity contribution in [3.05, 3.63) is 63.9 Å². The molecule has 1 atom stereocenters. The number of hydrogen-bond acceptors (Lipinski definition) is 3. The van der Waals surface area contributed by atoms with Gasteiger partial charge < -0.3 is 10.1 Å². The van der Waals surface area contributed by atoms with E-state index in [0.29, 0.717) is 23.0 Å². The van der Waals surface area contributed by atoms with Crippen LogP contribution in [0.4, 0.5) is 4.39 Å². The van der Waals surface area contributed by atoms with Crippen LogP contribution in [-0.2, 0) is 10.5 Å². The first-order valence-electron chi connectivity index (χ1n) is 8.21. The number of nitrogens with one attached hydrogen (secondary N) is 1. The van der Waals surface area contributed by atoms with Crippen molar-refractivity contribution in [1.82, 2.24) is 5.32 Å². The molecule has 0 aliphatic heterocycles. The van der Waals surface area contributed by atoms with Crippen molar-refractivity contribution >= 4 is 40.9 Å². The fourth-order valence-corrected chi connectivity index (χ4v) is 3.61. The molecule has 1 amide bonds. The minimum absolute atomic E-state index is 0.0845. The van der Waals surface area contributed by atoms with Gasteiger partial charge in [0.15, 0.2) is 17.7 Å². The molecular formula is C19H20Cl2FNO2S. The van der Waals surface area contributed by atoms with Crippen molar-refractivity contribution in [3.8, 4) is 5.75 Å². The second-order valence-corrected chi connectivity index (χ2v) is 7.47. The molecule has 2 aromatic rings. The maximum atomic E-state index is 13.6. The second kappa shape index (κ2) is 10.7. The Labute approximate surface area is 167 Å². The summed E-state index contributed by atoms with van der Waals surface area (Å²) in [5.74, 6) is 0.812. The van der Waals surface area contributed by atoms with Crippen LogP contribution in [0.15, 0.2) is 42.5 Å². The van der Waals surface area contributed by atoms with E-state index < -0.39 is 11.9 Å². The molecule has 2 rings (SSSR count). The van der Waals surface area contributed by atoms with Crippen LogP contribution in [-0.4, -0.2) is 24.3 Å². The molecule has 26 heavy (non-hydrogen) atoms. The zero-order valence-electron chi connectivity index (χ0n) is 14.3. The molecule has 0 bridgehead atoms. The molecule has 3 nitrogen and oxygen atoms in total. The molecular weight excluding hydrogens is 396 g/mol. The van der Waals surface area contributed by atoms with E-state index in [0.717, 1.165) is 17.1 Å². The van der Waals surface area contributed by atoms with Crippen molar-refractivity contribution in [2.75, 3.05) is 12.3 Å². The Hall–Kier alpha value is -1.43. The van der Waals surface area contributed by atoms with Crippen molar-refractivity contribution < 1.29 is 13.9 Å². The van der Waals surface area contributed by atoms with E-state index in [-0.39, 0.29) is 11.7 Å². The molecule has 7 heteroatoms. The number of amides is 1. The van der Waals surface area contributed by atoms with Crippen molar-refractivity contribution in [2.45, 2.75) is 25.2 Å². The average Bonchev–Trinajstić information content (AvgIpc) is 2.62. The number of hydrogen-bond donors (Lipinski definition) is 1. The van der Waals surface area contributed by atoms with Crippen LogP contribution < -0.4 is 10.1 Å². The number of para-hydroxylation sites is 1. The lowest BCUT2D eigenvalue weighted by atomic mass is 10.2. The Bertz CT molecular complexity index is 745. The highest BCUT2D eigenvalue weighted by Crippen LogP contribution is 2.24. The Morgan fingerprint density at radius 3 is 2.73 bits per heavy atom. The Morgan fingerprint density at radius 1 is 1.27 bits per heavy atom. The smallest absolute Gasteiger partial charge is 0.261 e. The quantitative estimate of drug-likeness (QED) is 0.561. The molecule has 2 aromatic carbocycles. The van der Waals surface area contributed by atoms with Gasteiger partial charge in [0.05, 0.1) is 0 Å². The van der Waals surface area contributed by atoms with Gasteiger partial charge >= 0.3 is 0 Å². The topological polar surface area (TPSA) is 38.3 Å². The molecule has 0 aliphatic carbocycles. The van der Waals surface area contributed by atoms with Crippen molar-refractivity contribution in [3.63, 3.8) is 0 Å². The summed E-state index contributed by atoms with van der Waals surface area (Å²) < 4.78 is 19.1. The van der Waals surface area contributed by atoms with E-state index in [1.54, 1.807) is 36.0 Å². The molecule has 0 spiro atoms. The fourth-order valence-electron chi connectivity index (χ4n) is 2.20. The van der Waals surface area contributed by atoms with Gasteiger partial charge in [-0.25, -0.2) is 4.39 Å². The summed E-state index contributed by atoms with van der Waals surface area (Å²) >= 11 is 13.7. The number of benzene rings is 2. The molecule has 1 N–H and O–H groups in total. The molecule has 0 unspecified atom stereocenters. The molecule has 0 fully saturated rings. The largest absolute Gasteiger partial charge is 0.478 e. The van der Waals surface area contributed by atoms with E-state index >= 15 is 0 Å². The van der Waals surface area contributed by atoms with Crippen LogP contribution in [0, 0.1) is 5.82 Å². The summed E-state index contributed by atoms with van der Waals surface area (Å²) in [5, 5.41) is 4.07. The van der Waals surface area contributed by atoms with Gasteiger partial charge in [-0.2, -0.15) is 11.8 Å². The van der Waals surface area contributed by atoms with Gasteiger partial charge in [-0.1, -0.05) is 48.3 Å². The van der Waals surface area contributed by atoms with Gasteiger partial charge in [-0.3, -0.25) is 4.79 Å². The standard InChI is InChI=1S/C19H20Cl2FNO2S/c1-2-17(25-18-6-4-3-5-16(18)22)19(24)23-9-10-26-12-13-7-8-14(20)11-15(13)21/h3-8,11,17H,2,9-10,12H2,1H3,(H,23,24)/t17-/m0/s1. The first-order chi connectivity index (χ1) is 12.5. The summed E-state index contributed by atoms with van der Waals surface area (Å²) in [6, 6.07) is 11.5. The molecule has 0 saturated carbocycles. The van der Waals surface area contributed by atoms with Gasteiger partial charge in [-0.05, 0) is 36.2 Å². The Kier molecular flexibility index (Phi) is 8.55. The van der Waals surface area contributed by atoms with E-state index in [2.05, 4.69) is 5.32 Å². The van der Waals surface area contributed by atoms with E-state index in [9.17, 15) is 9.18 Å². The predicted octanol–water partition coefficient (Wildman–Crippen LogP) is 5.34. The van der Waals surface area contributed by atoms with Crippen LogP contribution in [0.25, 0.3) is 0 Å². The van der Waals surface area contributed by atoms with Gasteiger partial charge in [0.25, 0.3) is 5.91 Å². The second-order valence-electron chi connectivity index (χ2n) is 5.52. The molecule has 140 valence electrons. The summed E-state index contributed by atoms with van der Waals surface area (Å²) in [7, 11) is 0. The van der Waals surface area contributed by atoms with Crippen LogP contribution >= 0.6 is 35.0 Å². The van der Waals surface area contributed by atoms with E-state index in [4.69, 9.17) is 27.9 Å². The third-order valence-electron chi connectivity index (χ3n) is 3.59. The third kappa shape index (κ3) is 6.38. The summed E-state index contributed by atoms with van der Waals surface area (Å²) in [4.78, 5) is 12.2. The highest BCUT2D eigenvalue weighted by atomic mass is 35.5. The first kappa shape index (κ1) is 20.9. The first-order valence-corrected chi connectivity index (χ1v) is 10.1. The predicted molar refractivity (Wildman–Crippen MR) is 107 cm³/mol. The number of thioether (sulfide) groups is 1. The highest BCUT2D eigenvalue weighted by molar-refractivity contribution is 7.98. The van der Waals surface area contributed by atoms with Crippen LogP contribution in [0.5, 0.6) is 5.75 Å². The lowest BCUT2D eigenvalue weighted by Gasteiger charge is -2.17. The van der Waals surface area contributed by atoms with E-state index in [1.165, 1.54) is 12.1 Å². The van der Waals surface area contributed by atoms with Crippen molar-refractivity contribution in [2.24, 2.45) is 0 Å². The van der Waals surface area contributed by atoms with Crippen LogP contribution in [0.1, 0.15) is 18.9 Å². The number of halogens is 3. The summed E-state index contributed by atoms with van der Waals surface area (Å²) in [6.07, 6.45) is -0.268. The van der Waals surface area contributed by atoms with Crippen molar-refractivity contribution in [1.29, 1.82) is 0 Å². The fraction of sp³-hybridized carbons (Fsp3) is 0.316. The Morgan fingerprint density at radius 2 is 2.04 bits per heavy atom. The zero-order chi connectivity index (χ0) is 18.9. The average molecular weight is 416 g/mol. The van der Waals surface area contributed by atoms with Crippen LogP contribution in [0.3, 0.4) is 0 Å². The Balaban J connectivity index is 1.74. The molecule has 0 aliphatic rings. The monoisotopic (exact) mass is 415 g/mol. The van der Waals surface area contributed by atoms with Gasteiger partial charge in [0.2, 0.25) is 0 Å². The molecule has 0 aromatic heterocycles. The molecule has 0 saturated heterocycles. The number of ether oxygens (including phenoxy) is 1. The summed E-state index contributed by atoms with van der Waals surface area (Å²) in [6.45, 7) is 2.31. The third-order valence-corrected chi connectivity index (χ3v) is 5.18. The molecule has 0 heterocycles. The maximum absolute atomic E-state index is 13.6. The SMILES string of the molecule is CC[C@H](Oc1ccccc1F)C(=O)NCCSCc1ccc(Cl)cc1Cl. The number of carbonyl (C=O) groups is 1. The lowest BCUT2D eigenvalue weighted by Crippen LogP contribution is -2.39. The summed E-state index contributed by atoms with van der Waals surface area (Å²) in [5.41, 5.74) is 1.00. The zero-order valence-corrected chi connectivity index (χ0v) is 16.6. The minimum Gasteiger partial charge on any atom is -0.478 e. The van der Waals surface area contributed by atoms with E-state index in [1.807, 2.05) is 13.0 Å². The van der Waals surface area contributed by atoms with Gasteiger partial charge in [-0.15, -0.1) is 0 Å². The lowest BCUT2D eigenvalue weighted by molar-refractivity contribution is -0.128. The van der Waals surface area contributed by atoms with Gasteiger partial charge in [0.1, 0.15) is 0 Å². The minimum atomic E-state index is -0.720. The number of carbonyl (C=O) groups excluding carboxylic acids is 1. The molecule has 0 radical (unpaired) electrons.